The lowest BCUT2D eigenvalue weighted by Gasteiger charge is -2.16. The summed E-state index contributed by atoms with van der Waals surface area (Å²) in [5.74, 6) is -0.253. The Balaban J connectivity index is 2.02. The average Bonchev–Trinajstić information content (AvgIpc) is 3.45. The van der Waals surface area contributed by atoms with Gasteiger partial charge in [0.2, 0.25) is 0 Å². The molecule has 2 heterocycles. The van der Waals surface area contributed by atoms with Crippen LogP contribution in [0.3, 0.4) is 0 Å². The first-order valence-electron chi connectivity index (χ1n) is 11.9. The van der Waals surface area contributed by atoms with Gasteiger partial charge >= 0.3 is 6.18 Å². The summed E-state index contributed by atoms with van der Waals surface area (Å²) in [7, 11) is 0. The molecule has 0 saturated heterocycles. The fourth-order valence-corrected chi connectivity index (χ4v) is 4.11. The summed E-state index contributed by atoms with van der Waals surface area (Å²) in [6, 6.07) is 6.28. The topological polar surface area (TPSA) is 78.3 Å². The Morgan fingerprint density at radius 2 is 1.82 bits per heavy atom. The van der Waals surface area contributed by atoms with E-state index in [4.69, 9.17) is 14.0 Å². The molecule has 206 valence electrons. The Labute approximate surface area is 223 Å². The summed E-state index contributed by atoms with van der Waals surface area (Å²) in [5, 5.41) is 3.98. The van der Waals surface area contributed by atoms with Gasteiger partial charge in [-0.05, 0) is 63.4 Å². The molecular weight excluding hydrogens is 519 g/mol. The number of carbonyl (C=O) groups excluding carboxylic acids is 1. The van der Waals surface area contributed by atoms with E-state index in [1.165, 1.54) is 11.3 Å². The number of rotatable bonds is 7. The average molecular weight is 552 g/mol. The molecule has 0 aliphatic rings. The molecule has 0 aliphatic carbocycles. The Bertz CT molecular complexity index is 1360. The van der Waals surface area contributed by atoms with Crippen LogP contribution in [0.15, 0.2) is 57.4 Å². The first-order chi connectivity index (χ1) is 17.5. The lowest BCUT2D eigenvalue weighted by Crippen LogP contribution is -2.19. The third kappa shape index (κ3) is 8.08. The molecule has 0 bridgehead atoms. The third-order valence-electron chi connectivity index (χ3n) is 5.01. The van der Waals surface area contributed by atoms with Crippen molar-refractivity contribution in [2.45, 2.75) is 72.2 Å². The third-order valence-corrected chi connectivity index (χ3v) is 6.46. The predicted octanol–water partition coefficient (Wildman–Crippen LogP) is 6.82. The van der Waals surface area contributed by atoms with Crippen LogP contribution in [-0.2, 0) is 23.0 Å². The molecular formula is C27H32F3N3O4S. The number of furan rings is 1. The van der Waals surface area contributed by atoms with E-state index in [1.807, 2.05) is 47.7 Å². The fraction of sp³-hybridized carbons (Fsp3) is 0.444. The minimum atomic E-state index is -4.65. The van der Waals surface area contributed by atoms with E-state index in [9.17, 15) is 18.0 Å². The van der Waals surface area contributed by atoms with E-state index in [2.05, 4.69) is 10.1 Å². The Morgan fingerprint density at radius 1 is 1.11 bits per heavy atom. The van der Waals surface area contributed by atoms with E-state index in [0.29, 0.717) is 22.8 Å². The molecule has 0 atom stereocenters. The van der Waals surface area contributed by atoms with E-state index in [1.54, 1.807) is 29.9 Å². The number of alkyl halides is 3. The smallest absolute Gasteiger partial charge is 0.416 e. The van der Waals surface area contributed by atoms with Gasteiger partial charge in [0.15, 0.2) is 4.80 Å². The number of aromatic nitrogens is 1. The van der Waals surface area contributed by atoms with Crippen molar-refractivity contribution in [2.75, 3.05) is 6.61 Å². The monoisotopic (exact) mass is 551 g/mol. The molecule has 0 saturated carbocycles. The summed E-state index contributed by atoms with van der Waals surface area (Å²) in [6.07, 6.45) is -1.23. The van der Waals surface area contributed by atoms with Crippen LogP contribution in [0.1, 0.15) is 75.0 Å². The number of ether oxygens (including phenoxy) is 1. The van der Waals surface area contributed by atoms with Gasteiger partial charge in [-0.1, -0.05) is 25.9 Å². The molecule has 0 spiro atoms. The highest BCUT2D eigenvalue weighted by Crippen LogP contribution is 2.33. The van der Waals surface area contributed by atoms with E-state index >= 15 is 0 Å². The minimum Gasteiger partial charge on any atom is -0.487 e. The van der Waals surface area contributed by atoms with Crippen LogP contribution in [-0.4, -0.2) is 28.4 Å². The molecule has 2 aromatic heterocycles. The molecule has 1 aromatic carbocycles. The molecule has 38 heavy (non-hydrogen) atoms. The molecule has 0 N–H and O–H groups in total. The van der Waals surface area contributed by atoms with E-state index < -0.39 is 23.2 Å². The van der Waals surface area contributed by atoms with E-state index in [0.717, 1.165) is 23.1 Å². The summed E-state index contributed by atoms with van der Waals surface area (Å²) in [5.41, 5.74) is -1.59. The van der Waals surface area contributed by atoms with Gasteiger partial charge in [0, 0.05) is 11.1 Å². The van der Waals surface area contributed by atoms with Crippen molar-refractivity contribution in [1.29, 1.82) is 0 Å². The van der Waals surface area contributed by atoms with Crippen LogP contribution in [0.4, 0.5) is 13.2 Å². The molecule has 0 fully saturated rings. The van der Waals surface area contributed by atoms with Crippen LogP contribution in [0.2, 0.25) is 0 Å². The van der Waals surface area contributed by atoms with Crippen molar-refractivity contribution >= 4 is 23.0 Å². The second-order valence-corrected chi connectivity index (χ2v) is 11.8. The molecule has 3 rings (SSSR count). The number of hydrogen-bond donors (Lipinski definition) is 0. The highest BCUT2D eigenvalue weighted by molar-refractivity contribution is 7.09. The number of amides is 1. The summed E-state index contributed by atoms with van der Waals surface area (Å²) < 4.78 is 53.4. The van der Waals surface area contributed by atoms with Crippen molar-refractivity contribution < 1.29 is 32.0 Å². The Hall–Kier alpha value is -3.34. The lowest BCUT2D eigenvalue weighted by molar-refractivity contribution is -0.137. The largest absolute Gasteiger partial charge is 0.487 e. The molecule has 7 nitrogen and oxygen atoms in total. The Morgan fingerprint density at radius 3 is 2.39 bits per heavy atom. The van der Waals surface area contributed by atoms with Crippen molar-refractivity contribution in [3.05, 3.63) is 69.4 Å². The van der Waals surface area contributed by atoms with Gasteiger partial charge in [0.05, 0.1) is 29.6 Å². The van der Waals surface area contributed by atoms with Crippen LogP contribution in [0.25, 0.3) is 0 Å². The molecule has 1 amide bonds. The minimum absolute atomic E-state index is 0.0396. The van der Waals surface area contributed by atoms with Crippen LogP contribution < -0.4 is 9.54 Å². The number of hydrogen-bond acceptors (Lipinski definition) is 6. The predicted molar refractivity (Wildman–Crippen MR) is 140 cm³/mol. The van der Waals surface area contributed by atoms with Crippen molar-refractivity contribution in [2.24, 2.45) is 10.1 Å². The second kappa shape index (κ2) is 11.2. The molecule has 0 aliphatic heterocycles. The summed E-state index contributed by atoms with van der Waals surface area (Å²) in [6.45, 7) is 13.4. The first-order valence-corrected chi connectivity index (χ1v) is 12.7. The van der Waals surface area contributed by atoms with Gasteiger partial charge in [-0.15, -0.1) is 11.3 Å². The van der Waals surface area contributed by atoms with Gasteiger partial charge in [0.1, 0.15) is 23.7 Å². The van der Waals surface area contributed by atoms with Gasteiger partial charge in [-0.2, -0.15) is 18.2 Å². The van der Waals surface area contributed by atoms with Crippen molar-refractivity contribution in [1.82, 2.24) is 4.57 Å². The molecule has 11 heteroatoms. The number of carbonyl (C=O) groups is 1. The summed E-state index contributed by atoms with van der Waals surface area (Å²) in [4.78, 5) is 24.2. The lowest BCUT2D eigenvalue weighted by atomic mass is 9.95. The summed E-state index contributed by atoms with van der Waals surface area (Å²) >= 11 is 1.29. The number of halogens is 3. The zero-order valence-electron chi connectivity index (χ0n) is 22.5. The molecule has 3 aromatic rings. The number of benzene rings is 1. The SMILES string of the molecule is CC(COc1ccc(C(F)(F)F)cc1C(=O)N=c1sc(C(C)(C)C)cn1Cc1ccco1)=NOC(C)(C)C. The van der Waals surface area contributed by atoms with Gasteiger partial charge in [-0.25, -0.2) is 0 Å². The highest BCUT2D eigenvalue weighted by Gasteiger charge is 2.32. The number of thiazole rings is 1. The van der Waals surface area contributed by atoms with Crippen molar-refractivity contribution in [3.8, 4) is 5.75 Å². The van der Waals surface area contributed by atoms with Crippen LogP contribution in [0, 0.1) is 0 Å². The fourth-order valence-electron chi connectivity index (χ4n) is 3.07. The number of nitrogens with zero attached hydrogens (tertiary/aromatic N) is 3. The maximum Gasteiger partial charge on any atom is 0.416 e. The zero-order valence-corrected chi connectivity index (χ0v) is 23.3. The maximum atomic E-state index is 13.5. The highest BCUT2D eigenvalue weighted by atomic mass is 32.1. The zero-order chi connectivity index (χ0) is 28.3. The van der Waals surface area contributed by atoms with Crippen LogP contribution in [0.5, 0.6) is 5.75 Å². The maximum absolute atomic E-state index is 13.5. The standard InChI is InChI=1S/C27H32F3N3O4S/c1-17(32-37-26(5,6)7)16-36-21-11-10-18(27(28,29)30)13-20(21)23(34)31-24-33(14-19-9-8-12-35-19)15-22(38-24)25(2,3)4/h8-13,15H,14,16H2,1-7H3. The molecule has 0 radical (unpaired) electrons. The van der Waals surface area contributed by atoms with Gasteiger partial charge < -0.3 is 18.6 Å². The second-order valence-electron chi connectivity index (χ2n) is 10.8. The molecule has 0 unspecified atom stereocenters. The quantitative estimate of drug-likeness (QED) is 0.239. The Kier molecular flexibility index (Phi) is 8.60. The van der Waals surface area contributed by atoms with Crippen molar-refractivity contribution in [3.63, 3.8) is 0 Å². The van der Waals surface area contributed by atoms with Crippen LogP contribution >= 0.6 is 11.3 Å². The van der Waals surface area contributed by atoms with E-state index in [-0.39, 0.29) is 23.3 Å². The number of oxime groups is 1. The first kappa shape index (κ1) is 29.2. The normalized spacial score (nSPS) is 13.6. The van der Waals surface area contributed by atoms with Gasteiger partial charge in [0.25, 0.3) is 5.91 Å². The van der Waals surface area contributed by atoms with Gasteiger partial charge in [-0.3, -0.25) is 4.79 Å².